The molecule has 2 fully saturated rings. The third kappa shape index (κ3) is 3.22. The standard InChI is InChI=1S/C23H25N4OPS/c1-15-24-19-6-4-16(11-21(19)30-15)20-12-22(28)27-14-18(5-7-23(27)29-20)26-10-9-25-8-2-3-17(25)13-26/h4-7,11-12,14,17,23,29H,2-3,8-10,13H2,1H3. The van der Waals surface area contributed by atoms with Crippen molar-refractivity contribution in [2.24, 2.45) is 0 Å². The van der Waals surface area contributed by atoms with Crippen molar-refractivity contribution in [3.8, 4) is 0 Å². The Hall–Kier alpha value is -2.01. The first-order valence-corrected chi connectivity index (χ1v) is 12.6. The molecule has 1 aromatic carbocycles. The normalized spacial score (nSPS) is 27.4. The first-order chi connectivity index (χ1) is 14.6. The molecule has 30 heavy (non-hydrogen) atoms. The van der Waals surface area contributed by atoms with Gasteiger partial charge in [-0.1, -0.05) is 20.7 Å². The van der Waals surface area contributed by atoms with Crippen LogP contribution in [0.2, 0.25) is 0 Å². The topological polar surface area (TPSA) is 39.7 Å². The minimum Gasteiger partial charge on any atom is -0.368 e. The highest BCUT2D eigenvalue weighted by atomic mass is 32.1. The highest BCUT2D eigenvalue weighted by Gasteiger charge is 2.33. The van der Waals surface area contributed by atoms with E-state index in [2.05, 4.69) is 51.3 Å². The number of amides is 1. The zero-order valence-electron chi connectivity index (χ0n) is 17.0. The van der Waals surface area contributed by atoms with Crippen LogP contribution in [-0.2, 0) is 4.79 Å². The number of carbonyl (C=O) groups is 1. The third-order valence-corrected chi connectivity index (χ3v) is 9.05. The molecule has 0 radical (unpaired) electrons. The Morgan fingerprint density at radius 3 is 3.10 bits per heavy atom. The SMILES string of the molecule is Cc1nc2ccc(C3=CC(=O)N4C=C(N5CCN6CCCC6C5)C=CC4P3)cc2s1. The van der Waals surface area contributed by atoms with Crippen LogP contribution in [0.1, 0.15) is 23.4 Å². The number of hydrogen-bond donors (Lipinski definition) is 0. The van der Waals surface area contributed by atoms with Crippen molar-refractivity contribution in [3.05, 3.63) is 58.9 Å². The number of aryl methyl sites for hydroxylation is 1. The van der Waals surface area contributed by atoms with Gasteiger partial charge in [-0.05, 0) is 55.4 Å². The molecule has 1 aromatic heterocycles. The van der Waals surface area contributed by atoms with Crippen molar-refractivity contribution in [2.45, 2.75) is 31.6 Å². The van der Waals surface area contributed by atoms with Crippen molar-refractivity contribution >= 4 is 41.4 Å². The molecular formula is C23H25N4OPS. The van der Waals surface area contributed by atoms with E-state index in [0.717, 1.165) is 41.0 Å². The Morgan fingerprint density at radius 2 is 2.17 bits per heavy atom. The van der Waals surface area contributed by atoms with E-state index in [9.17, 15) is 4.79 Å². The molecule has 4 aliphatic rings. The van der Waals surface area contributed by atoms with E-state index in [1.54, 1.807) is 11.3 Å². The van der Waals surface area contributed by atoms with E-state index in [1.807, 2.05) is 17.9 Å². The van der Waals surface area contributed by atoms with Crippen LogP contribution in [0.25, 0.3) is 15.5 Å². The van der Waals surface area contributed by atoms with Gasteiger partial charge in [0.15, 0.2) is 0 Å². The number of nitrogens with zero attached hydrogens (tertiary/aromatic N) is 4. The van der Waals surface area contributed by atoms with Gasteiger partial charge in [0.25, 0.3) is 5.91 Å². The van der Waals surface area contributed by atoms with Gasteiger partial charge >= 0.3 is 0 Å². The molecule has 2 aromatic rings. The number of aromatic nitrogens is 1. The summed E-state index contributed by atoms with van der Waals surface area (Å²) in [5.74, 6) is 0.226. The zero-order valence-corrected chi connectivity index (χ0v) is 18.9. The number of thiazole rings is 1. The third-order valence-electron chi connectivity index (χ3n) is 6.60. The predicted octanol–water partition coefficient (Wildman–Crippen LogP) is 3.98. The minimum atomic E-state index is 0.0932. The van der Waals surface area contributed by atoms with Crippen LogP contribution in [0.5, 0.6) is 0 Å². The summed E-state index contributed by atoms with van der Waals surface area (Å²) < 4.78 is 1.19. The molecule has 1 amide bonds. The first-order valence-electron chi connectivity index (χ1n) is 10.7. The van der Waals surface area contributed by atoms with Crippen LogP contribution in [0, 0.1) is 6.92 Å². The fourth-order valence-electron chi connectivity index (χ4n) is 5.05. The second-order valence-electron chi connectivity index (χ2n) is 8.50. The maximum absolute atomic E-state index is 13.0. The average molecular weight is 437 g/mol. The summed E-state index contributed by atoms with van der Waals surface area (Å²) in [5, 5.41) is 2.23. The van der Waals surface area contributed by atoms with E-state index >= 15 is 0 Å². The highest BCUT2D eigenvalue weighted by Crippen LogP contribution is 2.45. The molecule has 6 rings (SSSR count). The molecule has 5 heterocycles. The number of rotatable bonds is 2. The predicted molar refractivity (Wildman–Crippen MR) is 125 cm³/mol. The van der Waals surface area contributed by atoms with E-state index in [-0.39, 0.29) is 11.7 Å². The van der Waals surface area contributed by atoms with Gasteiger partial charge in [0.1, 0.15) is 0 Å². The van der Waals surface area contributed by atoms with Crippen LogP contribution >= 0.6 is 19.9 Å². The van der Waals surface area contributed by atoms with Crippen molar-refractivity contribution in [1.29, 1.82) is 0 Å². The second kappa shape index (κ2) is 7.30. The molecule has 3 atom stereocenters. The van der Waals surface area contributed by atoms with E-state index in [1.165, 1.54) is 29.8 Å². The molecule has 7 heteroatoms. The van der Waals surface area contributed by atoms with Gasteiger partial charge in [0.05, 0.1) is 26.7 Å². The van der Waals surface area contributed by atoms with Crippen molar-refractivity contribution < 1.29 is 4.79 Å². The van der Waals surface area contributed by atoms with Gasteiger partial charge in [0.2, 0.25) is 0 Å². The molecule has 2 saturated heterocycles. The molecule has 0 bridgehead atoms. The number of allylic oxidation sites excluding steroid dienone is 1. The largest absolute Gasteiger partial charge is 0.368 e. The smallest absolute Gasteiger partial charge is 0.252 e. The summed E-state index contributed by atoms with van der Waals surface area (Å²) >= 11 is 1.71. The van der Waals surface area contributed by atoms with Crippen LogP contribution < -0.4 is 0 Å². The summed E-state index contributed by atoms with van der Waals surface area (Å²) in [6.07, 6.45) is 11.0. The van der Waals surface area contributed by atoms with Gasteiger partial charge in [-0.15, -0.1) is 11.3 Å². The van der Waals surface area contributed by atoms with Crippen molar-refractivity contribution in [1.82, 2.24) is 19.7 Å². The molecule has 0 N–H and O–H groups in total. The zero-order chi connectivity index (χ0) is 20.2. The van der Waals surface area contributed by atoms with E-state index < -0.39 is 0 Å². The van der Waals surface area contributed by atoms with Crippen LogP contribution in [0.3, 0.4) is 0 Å². The summed E-state index contributed by atoms with van der Waals surface area (Å²) in [4.78, 5) is 24.6. The highest BCUT2D eigenvalue weighted by molar-refractivity contribution is 7.51. The lowest BCUT2D eigenvalue weighted by molar-refractivity contribution is -0.123. The Kier molecular flexibility index (Phi) is 4.56. The monoisotopic (exact) mass is 436 g/mol. The van der Waals surface area contributed by atoms with Crippen molar-refractivity contribution in [2.75, 3.05) is 26.2 Å². The quantitative estimate of drug-likeness (QED) is 0.668. The molecule has 0 spiro atoms. The molecule has 0 saturated carbocycles. The van der Waals surface area contributed by atoms with Gasteiger partial charge < -0.3 is 9.80 Å². The summed E-state index contributed by atoms with van der Waals surface area (Å²) in [6.45, 7) is 6.56. The second-order valence-corrected chi connectivity index (χ2v) is 11.2. The molecule has 5 nitrogen and oxygen atoms in total. The molecule has 3 unspecified atom stereocenters. The Morgan fingerprint density at radius 1 is 1.23 bits per heavy atom. The molecular weight excluding hydrogens is 411 g/mol. The number of carbonyl (C=O) groups excluding carboxylic acids is 1. The van der Waals surface area contributed by atoms with Crippen molar-refractivity contribution in [3.63, 3.8) is 0 Å². The van der Waals surface area contributed by atoms with Gasteiger partial charge in [0, 0.05) is 38.0 Å². The maximum atomic E-state index is 13.0. The Bertz CT molecular complexity index is 1120. The molecule has 154 valence electrons. The summed E-state index contributed by atoms with van der Waals surface area (Å²) in [5.41, 5.74) is 3.38. The number of piperazine rings is 1. The average Bonchev–Trinajstić information content (AvgIpc) is 3.37. The molecule has 4 aliphatic heterocycles. The van der Waals surface area contributed by atoms with Gasteiger partial charge in [-0.25, -0.2) is 4.98 Å². The number of fused-ring (bicyclic) bond motifs is 3. The Labute approximate surface area is 182 Å². The lowest BCUT2D eigenvalue weighted by Gasteiger charge is -2.41. The number of hydrogen-bond acceptors (Lipinski definition) is 5. The number of benzene rings is 1. The fraction of sp³-hybridized carbons (Fsp3) is 0.391. The lowest BCUT2D eigenvalue weighted by Crippen LogP contribution is -2.50. The van der Waals surface area contributed by atoms with Gasteiger partial charge in [-0.2, -0.15) is 0 Å². The van der Waals surface area contributed by atoms with Crippen LogP contribution in [0.15, 0.2) is 48.3 Å². The van der Waals surface area contributed by atoms with Gasteiger partial charge in [-0.3, -0.25) is 9.69 Å². The lowest BCUT2D eigenvalue weighted by atomic mass is 10.1. The van der Waals surface area contributed by atoms with E-state index in [0.29, 0.717) is 14.6 Å². The fourth-order valence-corrected chi connectivity index (χ4v) is 7.30. The van der Waals surface area contributed by atoms with E-state index in [4.69, 9.17) is 0 Å². The first kappa shape index (κ1) is 18.7. The summed E-state index contributed by atoms with van der Waals surface area (Å²) in [6, 6.07) is 7.06. The van der Waals surface area contributed by atoms with Crippen LogP contribution in [0.4, 0.5) is 0 Å². The molecule has 0 aliphatic carbocycles. The van der Waals surface area contributed by atoms with Crippen LogP contribution in [-0.4, -0.2) is 63.6 Å². The Balaban J connectivity index is 1.24. The summed E-state index contributed by atoms with van der Waals surface area (Å²) in [7, 11) is 0.556. The minimum absolute atomic E-state index is 0.0932. The maximum Gasteiger partial charge on any atom is 0.252 e.